The standard InChI is InChI=1S/C28H26N2O6/c1-15-10-21(8-9-22(15)30-26(32)24-16-6-7-17(11-16)25(24)27(30)33)36-28(34)18-12-23(31)29(14-18)19-4-3-5-20(13-19)35-2/h3-10,13,16-18,24-25H,11-12,14H2,1-2H3/t16-,17-,18+,24+,25+/m0/s1. The van der Waals surface area contributed by atoms with Gasteiger partial charge in [0.15, 0.2) is 0 Å². The second-order valence-corrected chi connectivity index (χ2v) is 9.99. The van der Waals surface area contributed by atoms with E-state index in [2.05, 4.69) is 12.2 Å². The monoisotopic (exact) mass is 486 g/mol. The first-order valence-corrected chi connectivity index (χ1v) is 12.2. The number of aryl methyl sites for hydroxylation is 1. The molecule has 0 N–H and O–H groups in total. The van der Waals surface area contributed by atoms with Crippen molar-refractivity contribution in [3.63, 3.8) is 0 Å². The third kappa shape index (κ3) is 3.43. The number of allylic oxidation sites excluding steroid dienone is 2. The van der Waals surface area contributed by atoms with E-state index in [1.54, 1.807) is 61.4 Å². The maximum atomic E-state index is 13.1. The molecule has 0 aromatic heterocycles. The average Bonchev–Trinajstić information content (AvgIpc) is 3.63. The Labute approximate surface area is 208 Å². The van der Waals surface area contributed by atoms with Crippen LogP contribution in [-0.2, 0) is 19.2 Å². The van der Waals surface area contributed by atoms with Gasteiger partial charge in [0.25, 0.3) is 0 Å². The zero-order valence-corrected chi connectivity index (χ0v) is 20.0. The first-order chi connectivity index (χ1) is 17.4. The SMILES string of the molecule is COc1cccc(N2C[C@H](C(=O)Oc3ccc(N4C(=O)[C@H]5[C@H](C4=O)[C@H]4C=C[C@H]5C4)c(C)c3)CC2=O)c1. The van der Waals surface area contributed by atoms with Crippen LogP contribution in [0.4, 0.5) is 11.4 Å². The van der Waals surface area contributed by atoms with Crippen molar-refractivity contribution < 1.29 is 28.7 Å². The maximum absolute atomic E-state index is 13.1. The van der Waals surface area contributed by atoms with Gasteiger partial charge in [-0.15, -0.1) is 0 Å². The van der Waals surface area contributed by atoms with E-state index in [1.807, 2.05) is 0 Å². The van der Waals surface area contributed by atoms with E-state index in [0.717, 1.165) is 6.42 Å². The highest BCUT2D eigenvalue weighted by Crippen LogP contribution is 2.53. The third-order valence-corrected chi connectivity index (χ3v) is 7.92. The van der Waals surface area contributed by atoms with Crippen molar-refractivity contribution in [3.8, 4) is 11.5 Å². The van der Waals surface area contributed by atoms with Crippen LogP contribution < -0.4 is 19.3 Å². The molecule has 3 fully saturated rings. The minimum atomic E-state index is -0.604. The van der Waals surface area contributed by atoms with Crippen molar-refractivity contribution in [1.29, 1.82) is 0 Å². The van der Waals surface area contributed by atoms with Gasteiger partial charge in [-0.25, -0.2) is 4.90 Å². The van der Waals surface area contributed by atoms with Crippen molar-refractivity contribution in [2.45, 2.75) is 19.8 Å². The van der Waals surface area contributed by atoms with Crippen LogP contribution >= 0.6 is 0 Å². The Morgan fingerprint density at radius 2 is 1.67 bits per heavy atom. The van der Waals surface area contributed by atoms with Crippen molar-refractivity contribution in [2.24, 2.45) is 29.6 Å². The van der Waals surface area contributed by atoms with Crippen molar-refractivity contribution in [2.75, 3.05) is 23.5 Å². The fourth-order valence-corrected chi connectivity index (χ4v) is 6.17. The van der Waals surface area contributed by atoms with Crippen LogP contribution in [0.15, 0.2) is 54.6 Å². The number of imide groups is 1. The minimum Gasteiger partial charge on any atom is -0.497 e. The summed E-state index contributed by atoms with van der Waals surface area (Å²) >= 11 is 0. The maximum Gasteiger partial charge on any atom is 0.316 e. The summed E-state index contributed by atoms with van der Waals surface area (Å²) in [6.07, 6.45) is 5.08. The fourth-order valence-electron chi connectivity index (χ4n) is 6.17. The molecule has 4 aliphatic rings. The molecule has 1 saturated carbocycles. The molecule has 5 atom stereocenters. The summed E-state index contributed by atoms with van der Waals surface area (Å²) in [7, 11) is 1.56. The van der Waals surface area contributed by atoms with Gasteiger partial charge in [0, 0.05) is 24.7 Å². The van der Waals surface area contributed by atoms with Gasteiger partial charge in [-0.05, 0) is 61.1 Å². The summed E-state index contributed by atoms with van der Waals surface area (Å²) in [5, 5.41) is 0. The predicted molar refractivity (Wildman–Crippen MR) is 130 cm³/mol. The number of benzene rings is 2. The normalized spacial score (nSPS) is 28.3. The Morgan fingerprint density at radius 3 is 2.33 bits per heavy atom. The zero-order valence-electron chi connectivity index (χ0n) is 20.0. The summed E-state index contributed by atoms with van der Waals surface area (Å²) in [5.41, 5.74) is 1.87. The number of hydrogen-bond donors (Lipinski definition) is 0. The van der Waals surface area contributed by atoms with Gasteiger partial charge < -0.3 is 14.4 Å². The number of carbonyl (C=O) groups excluding carboxylic acids is 4. The van der Waals surface area contributed by atoms with Crippen LogP contribution in [0, 0.1) is 36.5 Å². The number of amides is 3. The highest BCUT2D eigenvalue weighted by molar-refractivity contribution is 6.23. The molecule has 0 unspecified atom stereocenters. The summed E-state index contributed by atoms with van der Waals surface area (Å²) in [4.78, 5) is 54.6. The number of anilines is 2. The lowest BCUT2D eigenvalue weighted by molar-refractivity contribution is -0.139. The second-order valence-electron chi connectivity index (χ2n) is 9.99. The first-order valence-electron chi connectivity index (χ1n) is 12.2. The first kappa shape index (κ1) is 22.5. The van der Waals surface area contributed by atoms with Crippen LogP contribution in [0.1, 0.15) is 18.4 Å². The highest BCUT2D eigenvalue weighted by atomic mass is 16.5. The van der Waals surface area contributed by atoms with Crippen molar-refractivity contribution in [1.82, 2.24) is 0 Å². The number of methoxy groups -OCH3 is 1. The van der Waals surface area contributed by atoms with Crippen LogP contribution in [0.3, 0.4) is 0 Å². The molecule has 2 aliphatic carbocycles. The molecule has 2 aromatic rings. The number of hydrogen-bond acceptors (Lipinski definition) is 6. The molecule has 3 amide bonds. The van der Waals surface area contributed by atoms with Gasteiger partial charge in [0.1, 0.15) is 11.5 Å². The molecular formula is C28H26N2O6. The summed E-state index contributed by atoms with van der Waals surface area (Å²) in [6, 6.07) is 12.0. The summed E-state index contributed by atoms with van der Waals surface area (Å²) in [6.45, 7) is 2.01. The molecule has 2 saturated heterocycles. The van der Waals surface area contributed by atoms with Gasteiger partial charge in [-0.3, -0.25) is 19.2 Å². The smallest absolute Gasteiger partial charge is 0.316 e. The van der Waals surface area contributed by atoms with Crippen LogP contribution in [0.5, 0.6) is 11.5 Å². The second kappa shape index (κ2) is 8.33. The van der Waals surface area contributed by atoms with Crippen LogP contribution in [0.25, 0.3) is 0 Å². The molecule has 2 heterocycles. The predicted octanol–water partition coefficient (Wildman–Crippen LogP) is 3.27. The Bertz CT molecular complexity index is 1300. The number of carbonyl (C=O) groups is 4. The lowest BCUT2D eigenvalue weighted by Gasteiger charge is -2.20. The lowest BCUT2D eigenvalue weighted by atomic mass is 9.85. The van der Waals surface area contributed by atoms with Gasteiger partial charge in [0.2, 0.25) is 17.7 Å². The van der Waals surface area contributed by atoms with Gasteiger partial charge in [0.05, 0.1) is 30.6 Å². The highest BCUT2D eigenvalue weighted by Gasteiger charge is 2.59. The number of rotatable bonds is 5. The van der Waals surface area contributed by atoms with E-state index >= 15 is 0 Å². The fraction of sp³-hybridized carbons (Fsp3) is 0.357. The van der Waals surface area contributed by atoms with E-state index in [4.69, 9.17) is 9.47 Å². The van der Waals surface area contributed by atoms with Gasteiger partial charge >= 0.3 is 5.97 Å². The molecule has 6 rings (SSSR count). The summed E-state index contributed by atoms with van der Waals surface area (Å²) < 4.78 is 10.8. The molecule has 0 radical (unpaired) electrons. The molecule has 2 aliphatic heterocycles. The topological polar surface area (TPSA) is 93.2 Å². The van der Waals surface area contributed by atoms with E-state index in [0.29, 0.717) is 28.4 Å². The lowest BCUT2D eigenvalue weighted by Crippen LogP contribution is -2.33. The third-order valence-electron chi connectivity index (χ3n) is 7.92. The van der Waals surface area contributed by atoms with Crippen molar-refractivity contribution >= 4 is 35.1 Å². The Morgan fingerprint density at radius 1 is 0.944 bits per heavy atom. The minimum absolute atomic E-state index is 0.0586. The van der Waals surface area contributed by atoms with E-state index < -0.39 is 11.9 Å². The number of nitrogens with zero attached hydrogens (tertiary/aromatic N) is 2. The number of ether oxygens (including phenoxy) is 2. The molecule has 2 bridgehead atoms. The molecule has 8 nitrogen and oxygen atoms in total. The van der Waals surface area contributed by atoms with Crippen LogP contribution in [0.2, 0.25) is 0 Å². The quantitative estimate of drug-likeness (QED) is 0.279. The van der Waals surface area contributed by atoms with Crippen molar-refractivity contribution in [3.05, 3.63) is 60.2 Å². The van der Waals surface area contributed by atoms with E-state index in [9.17, 15) is 19.2 Å². The number of esters is 1. The average molecular weight is 487 g/mol. The molecule has 36 heavy (non-hydrogen) atoms. The molecule has 2 aromatic carbocycles. The van der Waals surface area contributed by atoms with Gasteiger partial charge in [-0.2, -0.15) is 0 Å². The van der Waals surface area contributed by atoms with Gasteiger partial charge in [-0.1, -0.05) is 18.2 Å². The molecule has 8 heteroatoms. The Hall–Kier alpha value is -3.94. The summed E-state index contributed by atoms with van der Waals surface area (Å²) in [5.74, 6) is -0.836. The van der Waals surface area contributed by atoms with E-state index in [-0.39, 0.29) is 54.4 Å². The molecule has 184 valence electrons. The van der Waals surface area contributed by atoms with E-state index in [1.165, 1.54) is 4.90 Å². The molecular weight excluding hydrogens is 460 g/mol. The largest absolute Gasteiger partial charge is 0.497 e. The Kier molecular flexibility index (Phi) is 5.21. The number of fused-ring (bicyclic) bond motifs is 5. The zero-order chi connectivity index (χ0) is 25.1. The molecule has 0 spiro atoms. The Balaban J connectivity index is 1.15. The van der Waals surface area contributed by atoms with Crippen LogP contribution in [-0.4, -0.2) is 37.3 Å².